The fourth-order valence-electron chi connectivity index (χ4n) is 1.82. The molecule has 0 radical (unpaired) electrons. The van der Waals surface area contributed by atoms with Crippen LogP contribution in [0.3, 0.4) is 0 Å². The number of aryl methyl sites for hydroxylation is 2. The van der Waals surface area contributed by atoms with E-state index in [1.807, 2.05) is 32.9 Å². The van der Waals surface area contributed by atoms with Crippen molar-refractivity contribution < 1.29 is 9.53 Å². The molecule has 4 heteroatoms. The number of carbonyl (C=O) groups excluding carboxylic acids is 1. The maximum atomic E-state index is 12.1. The number of hydrogen-bond donors (Lipinski definition) is 1. The van der Waals surface area contributed by atoms with Crippen molar-refractivity contribution in [3.63, 3.8) is 0 Å². The van der Waals surface area contributed by atoms with Crippen LogP contribution in [0.5, 0.6) is 0 Å². The van der Waals surface area contributed by atoms with E-state index in [1.165, 1.54) is 0 Å². The van der Waals surface area contributed by atoms with Crippen molar-refractivity contribution >= 4 is 5.91 Å². The molecule has 2 atom stereocenters. The first-order valence-electron chi connectivity index (χ1n) is 6.40. The second-order valence-electron chi connectivity index (χ2n) is 4.56. The van der Waals surface area contributed by atoms with E-state index in [1.54, 1.807) is 12.1 Å². The van der Waals surface area contributed by atoms with Gasteiger partial charge in [0.05, 0.1) is 0 Å². The van der Waals surface area contributed by atoms with Gasteiger partial charge in [-0.15, -0.1) is 6.42 Å². The minimum absolute atomic E-state index is 0.352. The summed E-state index contributed by atoms with van der Waals surface area (Å²) < 4.78 is 5.32. The number of nitrogens with one attached hydrogen (secondary N) is 1. The Kier molecular flexibility index (Phi) is 5.77. The first kappa shape index (κ1) is 15.8. The summed E-state index contributed by atoms with van der Waals surface area (Å²) in [7, 11) is 0. The van der Waals surface area contributed by atoms with E-state index in [0.717, 1.165) is 11.1 Å². The molecular weight excluding hydrogens is 252 g/mol. The number of terminal acetylenes is 1. The van der Waals surface area contributed by atoms with Gasteiger partial charge in [-0.25, -0.2) is 0 Å². The van der Waals surface area contributed by atoms with Gasteiger partial charge in [0.1, 0.15) is 12.2 Å². The van der Waals surface area contributed by atoms with Gasteiger partial charge < -0.3 is 10.1 Å². The van der Waals surface area contributed by atoms with E-state index in [4.69, 9.17) is 16.4 Å². The standard InChI is InChI=1S/C16H18N2O2/c1-5-14(6-2)20-15(10-17)18-16(19)13-8-11(3)7-12(4)9-13/h1,7-9,14-15H,6H2,2-4H3,(H,18,19). The normalized spacial score (nSPS) is 12.8. The second kappa shape index (κ2) is 7.33. The van der Waals surface area contributed by atoms with E-state index in [9.17, 15) is 4.79 Å². The molecule has 104 valence electrons. The average Bonchev–Trinajstić information content (AvgIpc) is 2.42. The zero-order valence-corrected chi connectivity index (χ0v) is 11.9. The van der Waals surface area contributed by atoms with Crippen molar-refractivity contribution in [2.45, 2.75) is 39.5 Å². The van der Waals surface area contributed by atoms with Crippen molar-refractivity contribution in [3.05, 3.63) is 34.9 Å². The van der Waals surface area contributed by atoms with Crippen molar-refractivity contribution in [1.82, 2.24) is 5.32 Å². The molecule has 0 heterocycles. The lowest BCUT2D eigenvalue weighted by Crippen LogP contribution is -2.38. The SMILES string of the molecule is C#CC(CC)OC(C#N)NC(=O)c1cc(C)cc(C)c1. The monoisotopic (exact) mass is 270 g/mol. The van der Waals surface area contributed by atoms with E-state index in [2.05, 4.69) is 11.2 Å². The lowest BCUT2D eigenvalue weighted by Gasteiger charge is -2.16. The molecule has 0 aliphatic rings. The highest BCUT2D eigenvalue weighted by Gasteiger charge is 2.17. The van der Waals surface area contributed by atoms with Crippen molar-refractivity contribution in [2.75, 3.05) is 0 Å². The summed E-state index contributed by atoms with van der Waals surface area (Å²) in [6.07, 6.45) is 4.31. The van der Waals surface area contributed by atoms with E-state index >= 15 is 0 Å². The molecule has 1 aromatic rings. The summed E-state index contributed by atoms with van der Waals surface area (Å²) in [5.41, 5.74) is 2.47. The van der Waals surface area contributed by atoms with Gasteiger partial charge in [-0.05, 0) is 32.4 Å². The van der Waals surface area contributed by atoms with Crippen LogP contribution < -0.4 is 5.32 Å². The van der Waals surface area contributed by atoms with Crippen LogP contribution in [0.15, 0.2) is 18.2 Å². The maximum absolute atomic E-state index is 12.1. The number of benzene rings is 1. The molecule has 0 aliphatic heterocycles. The van der Waals surface area contributed by atoms with Crippen LogP contribution in [0, 0.1) is 37.5 Å². The Hall–Kier alpha value is -2.30. The van der Waals surface area contributed by atoms with E-state index in [-0.39, 0.29) is 5.91 Å². The van der Waals surface area contributed by atoms with Crippen LogP contribution in [0.4, 0.5) is 0 Å². The largest absolute Gasteiger partial charge is 0.329 e. The van der Waals surface area contributed by atoms with Gasteiger partial charge in [0.25, 0.3) is 5.91 Å². The Balaban J connectivity index is 2.78. The molecule has 0 saturated heterocycles. The van der Waals surface area contributed by atoms with Crippen LogP contribution in [-0.4, -0.2) is 18.2 Å². The number of nitrogens with zero attached hydrogens (tertiary/aromatic N) is 1. The summed E-state index contributed by atoms with van der Waals surface area (Å²) >= 11 is 0. The molecule has 0 bridgehead atoms. The third kappa shape index (κ3) is 4.42. The fraction of sp³-hybridized carbons (Fsp3) is 0.375. The van der Waals surface area contributed by atoms with Crippen LogP contribution in [-0.2, 0) is 4.74 Å². The molecule has 1 aromatic carbocycles. The van der Waals surface area contributed by atoms with Gasteiger partial charge >= 0.3 is 0 Å². The highest BCUT2D eigenvalue weighted by atomic mass is 16.5. The topological polar surface area (TPSA) is 62.1 Å². The molecule has 0 saturated carbocycles. The Bertz CT molecular complexity index is 547. The van der Waals surface area contributed by atoms with Crippen LogP contribution in [0.2, 0.25) is 0 Å². The summed E-state index contributed by atoms with van der Waals surface area (Å²) in [6, 6.07) is 7.37. The number of rotatable bonds is 5. The first-order valence-corrected chi connectivity index (χ1v) is 6.40. The van der Waals surface area contributed by atoms with Gasteiger partial charge in [0.15, 0.2) is 0 Å². The molecule has 0 fully saturated rings. The summed E-state index contributed by atoms with van der Waals surface area (Å²) in [5.74, 6) is 2.07. The molecule has 4 nitrogen and oxygen atoms in total. The number of nitriles is 1. The number of ether oxygens (including phenoxy) is 1. The zero-order valence-electron chi connectivity index (χ0n) is 11.9. The van der Waals surface area contributed by atoms with Crippen molar-refractivity contribution in [3.8, 4) is 18.4 Å². The van der Waals surface area contributed by atoms with Crippen molar-refractivity contribution in [1.29, 1.82) is 5.26 Å². The first-order chi connectivity index (χ1) is 9.49. The Labute approximate surface area is 119 Å². The predicted octanol–water partition coefficient (Wildman–Crippen LogP) is 2.31. The van der Waals surface area contributed by atoms with Gasteiger partial charge in [-0.1, -0.05) is 30.0 Å². The smallest absolute Gasteiger partial charge is 0.254 e. The van der Waals surface area contributed by atoms with Crippen LogP contribution >= 0.6 is 0 Å². The number of hydrogen-bond acceptors (Lipinski definition) is 3. The third-order valence-electron chi connectivity index (χ3n) is 2.72. The highest BCUT2D eigenvalue weighted by molar-refractivity contribution is 5.94. The summed E-state index contributed by atoms with van der Waals surface area (Å²) in [5, 5.41) is 11.5. The van der Waals surface area contributed by atoms with E-state index < -0.39 is 12.3 Å². The molecule has 1 amide bonds. The molecule has 0 spiro atoms. The summed E-state index contributed by atoms with van der Waals surface area (Å²) in [4.78, 5) is 12.1. The average molecular weight is 270 g/mol. The number of carbonyl (C=O) groups is 1. The Morgan fingerprint density at radius 1 is 1.40 bits per heavy atom. The maximum Gasteiger partial charge on any atom is 0.254 e. The minimum atomic E-state index is -1.05. The molecule has 1 rings (SSSR count). The number of amides is 1. The van der Waals surface area contributed by atoms with E-state index in [0.29, 0.717) is 12.0 Å². The van der Waals surface area contributed by atoms with Gasteiger partial charge in [0.2, 0.25) is 6.23 Å². The summed E-state index contributed by atoms with van der Waals surface area (Å²) in [6.45, 7) is 5.67. The minimum Gasteiger partial charge on any atom is -0.329 e. The Morgan fingerprint density at radius 2 is 2.00 bits per heavy atom. The quantitative estimate of drug-likeness (QED) is 0.659. The lowest BCUT2D eigenvalue weighted by atomic mass is 10.1. The molecule has 0 aromatic heterocycles. The zero-order chi connectivity index (χ0) is 15.1. The second-order valence-corrected chi connectivity index (χ2v) is 4.56. The van der Waals surface area contributed by atoms with Gasteiger partial charge in [-0.3, -0.25) is 4.79 Å². The molecule has 20 heavy (non-hydrogen) atoms. The van der Waals surface area contributed by atoms with Crippen molar-refractivity contribution in [2.24, 2.45) is 0 Å². The lowest BCUT2D eigenvalue weighted by molar-refractivity contribution is 0.0284. The highest BCUT2D eigenvalue weighted by Crippen LogP contribution is 2.09. The Morgan fingerprint density at radius 3 is 2.45 bits per heavy atom. The molecule has 1 N–H and O–H groups in total. The fourth-order valence-corrected chi connectivity index (χ4v) is 1.82. The third-order valence-corrected chi connectivity index (χ3v) is 2.72. The van der Waals surface area contributed by atoms with Crippen LogP contribution in [0.1, 0.15) is 34.8 Å². The predicted molar refractivity (Wildman–Crippen MR) is 76.8 cm³/mol. The molecule has 0 aliphatic carbocycles. The molecular formula is C16H18N2O2. The van der Waals surface area contributed by atoms with Gasteiger partial charge in [-0.2, -0.15) is 5.26 Å². The van der Waals surface area contributed by atoms with Gasteiger partial charge in [0, 0.05) is 5.56 Å². The molecule has 2 unspecified atom stereocenters. The van der Waals surface area contributed by atoms with Crippen LogP contribution in [0.25, 0.3) is 0 Å².